The first kappa shape index (κ1) is 32.6. The minimum atomic E-state index is -0.771. The normalized spacial score (nSPS) is 10.9. The van der Waals surface area contributed by atoms with Crippen molar-refractivity contribution in [3.8, 4) is 5.75 Å². The molecule has 1 N–H and O–H groups in total. The van der Waals surface area contributed by atoms with Gasteiger partial charge in [0.05, 0.1) is 10.5 Å². The van der Waals surface area contributed by atoms with Gasteiger partial charge in [-0.05, 0) is 18.1 Å². The molecule has 0 aromatic heterocycles. The summed E-state index contributed by atoms with van der Waals surface area (Å²) >= 11 is 0. The van der Waals surface area contributed by atoms with Gasteiger partial charge in [0.25, 0.3) is 0 Å². The van der Waals surface area contributed by atoms with E-state index < -0.39 is 16.4 Å². The van der Waals surface area contributed by atoms with Crippen molar-refractivity contribution in [2.45, 2.75) is 142 Å². The predicted octanol–water partition coefficient (Wildman–Crippen LogP) is 8.98. The summed E-state index contributed by atoms with van der Waals surface area (Å²) in [5.41, 5.74) is -0.471. The van der Waals surface area contributed by atoms with Gasteiger partial charge >= 0.3 is 11.7 Å². The van der Waals surface area contributed by atoms with Crippen molar-refractivity contribution in [1.29, 1.82) is 0 Å². The van der Waals surface area contributed by atoms with E-state index in [2.05, 4.69) is 6.92 Å². The Bertz CT molecular complexity index is 780. The van der Waals surface area contributed by atoms with Gasteiger partial charge in [0.15, 0.2) is 6.29 Å². The van der Waals surface area contributed by atoms with Crippen molar-refractivity contribution in [2.24, 2.45) is 0 Å². The van der Waals surface area contributed by atoms with Crippen LogP contribution in [0.3, 0.4) is 0 Å². The molecule has 1 aromatic carbocycles. The number of phenols is 1. The maximum absolute atomic E-state index is 12.0. The van der Waals surface area contributed by atoms with Crippen LogP contribution < -0.4 is 0 Å². The van der Waals surface area contributed by atoms with Gasteiger partial charge in [-0.2, -0.15) is 0 Å². The number of aromatic hydroxyl groups is 1. The zero-order valence-corrected chi connectivity index (χ0v) is 23.0. The number of esters is 1. The van der Waals surface area contributed by atoms with Crippen molar-refractivity contribution in [1.82, 2.24) is 0 Å². The number of nitro groups is 1. The zero-order chi connectivity index (χ0) is 27.1. The van der Waals surface area contributed by atoms with E-state index in [0.29, 0.717) is 18.3 Å². The summed E-state index contributed by atoms with van der Waals surface area (Å²) < 4.78 is 5.18. The molecule has 7 nitrogen and oxygen atoms in total. The second-order valence-electron chi connectivity index (χ2n) is 10.2. The maximum Gasteiger partial charge on any atom is 0.311 e. The second-order valence-corrected chi connectivity index (χ2v) is 10.2. The van der Waals surface area contributed by atoms with E-state index in [1.807, 2.05) is 0 Å². The Morgan fingerprint density at radius 1 is 0.811 bits per heavy atom. The summed E-state index contributed by atoms with van der Waals surface area (Å²) in [6.07, 6.45) is 25.3. The molecule has 0 amide bonds. The van der Waals surface area contributed by atoms with Crippen LogP contribution in [-0.4, -0.2) is 22.3 Å². The Morgan fingerprint density at radius 3 is 1.65 bits per heavy atom. The van der Waals surface area contributed by atoms with Crippen molar-refractivity contribution in [3.63, 3.8) is 0 Å². The Kier molecular flexibility index (Phi) is 19.0. The van der Waals surface area contributed by atoms with Crippen LogP contribution in [0, 0.1) is 10.1 Å². The number of nitro benzene ring substituents is 1. The molecule has 0 aliphatic heterocycles. The fourth-order valence-electron chi connectivity index (χ4n) is 4.60. The largest absolute Gasteiger partial charge is 0.502 e. The van der Waals surface area contributed by atoms with Crippen LogP contribution in [0.1, 0.15) is 151 Å². The minimum absolute atomic E-state index is 0.167. The summed E-state index contributed by atoms with van der Waals surface area (Å²) in [6.45, 7) is 2.10. The lowest BCUT2D eigenvalue weighted by molar-refractivity contribution is -0.386. The van der Waals surface area contributed by atoms with Gasteiger partial charge < -0.3 is 9.84 Å². The number of carbonyl (C=O) groups excluding carboxylic acids is 2. The molecule has 0 unspecified atom stereocenters. The lowest BCUT2D eigenvalue weighted by Gasteiger charge is -2.07. The van der Waals surface area contributed by atoms with Crippen LogP contribution in [0.5, 0.6) is 5.75 Å². The van der Waals surface area contributed by atoms with E-state index in [1.165, 1.54) is 109 Å². The van der Waals surface area contributed by atoms with Crippen LogP contribution in [0.25, 0.3) is 0 Å². The molecular weight excluding hydrogens is 470 g/mol. The summed E-state index contributed by atoms with van der Waals surface area (Å²) in [6, 6.07) is 2.41. The zero-order valence-electron chi connectivity index (χ0n) is 23.0. The van der Waals surface area contributed by atoms with Crippen molar-refractivity contribution in [2.75, 3.05) is 0 Å². The third-order valence-corrected chi connectivity index (χ3v) is 6.89. The molecule has 0 fully saturated rings. The first-order valence-electron chi connectivity index (χ1n) is 14.6. The van der Waals surface area contributed by atoms with Gasteiger partial charge in [-0.1, -0.05) is 122 Å². The second kappa shape index (κ2) is 21.6. The maximum atomic E-state index is 12.0. The highest BCUT2D eigenvalue weighted by atomic mass is 16.6. The first-order chi connectivity index (χ1) is 18.0. The van der Waals surface area contributed by atoms with Gasteiger partial charge in [-0.15, -0.1) is 0 Å². The molecule has 37 heavy (non-hydrogen) atoms. The van der Waals surface area contributed by atoms with E-state index in [4.69, 9.17) is 4.74 Å². The number of hydrogen-bond donors (Lipinski definition) is 1. The van der Waals surface area contributed by atoms with Gasteiger partial charge in [0.2, 0.25) is 5.75 Å². The third-order valence-electron chi connectivity index (χ3n) is 6.89. The standard InChI is InChI=1S/C30H49NO6/c1-2-3-4-5-6-7-8-9-10-11-12-13-14-15-16-17-18-19-20-21-29(33)37-25-26-22-27(24-32)30(34)28(23-26)31(35)36/h22-24,34H,2-21,25H2,1H3. The molecule has 0 saturated carbocycles. The number of unbranched alkanes of at least 4 members (excludes halogenated alkanes) is 18. The Labute approximate surface area is 223 Å². The van der Waals surface area contributed by atoms with E-state index in [1.54, 1.807) is 0 Å². The third kappa shape index (κ3) is 16.1. The Hall–Kier alpha value is -2.44. The molecule has 210 valence electrons. The number of carbonyl (C=O) groups is 2. The van der Waals surface area contributed by atoms with Crippen LogP contribution in [0.4, 0.5) is 5.69 Å². The van der Waals surface area contributed by atoms with Crippen molar-refractivity contribution in [3.05, 3.63) is 33.4 Å². The van der Waals surface area contributed by atoms with Gasteiger partial charge in [0.1, 0.15) is 6.61 Å². The fourth-order valence-corrected chi connectivity index (χ4v) is 4.60. The molecule has 0 atom stereocenters. The van der Waals surface area contributed by atoms with Crippen LogP contribution in [0.15, 0.2) is 12.1 Å². The molecule has 0 aliphatic rings. The van der Waals surface area contributed by atoms with Crippen LogP contribution >= 0.6 is 0 Å². The minimum Gasteiger partial charge on any atom is -0.502 e. The van der Waals surface area contributed by atoms with E-state index >= 15 is 0 Å². The summed E-state index contributed by atoms with van der Waals surface area (Å²) in [5, 5.41) is 20.7. The molecule has 0 radical (unpaired) electrons. The molecular formula is C30H49NO6. The highest BCUT2D eigenvalue weighted by Gasteiger charge is 2.19. The number of phenolic OH excluding ortho intramolecular Hbond substituents is 1. The Balaban J connectivity index is 1.94. The number of aldehydes is 1. The predicted molar refractivity (Wildman–Crippen MR) is 148 cm³/mol. The van der Waals surface area contributed by atoms with Crippen molar-refractivity contribution >= 4 is 17.9 Å². The number of rotatable bonds is 24. The quantitative estimate of drug-likeness (QED) is 0.0480. The van der Waals surface area contributed by atoms with Gasteiger partial charge in [-0.25, -0.2) is 0 Å². The van der Waals surface area contributed by atoms with Crippen molar-refractivity contribution < 1.29 is 24.4 Å². The molecule has 7 heteroatoms. The summed E-state index contributed by atoms with van der Waals surface area (Å²) in [7, 11) is 0. The molecule has 0 bridgehead atoms. The molecule has 0 heterocycles. The topological polar surface area (TPSA) is 107 Å². The monoisotopic (exact) mass is 519 g/mol. The molecule has 0 aliphatic carbocycles. The fraction of sp³-hybridized carbons (Fsp3) is 0.733. The average Bonchev–Trinajstić information content (AvgIpc) is 2.89. The highest BCUT2D eigenvalue weighted by molar-refractivity contribution is 5.82. The van der Waals surface area contributed by atoms with Gasteiger partial charge in [0, 0.05) is 12.5 Å². The average molecular weight is 520 g/mol. The number of nitrogens with zero attached hydrogens (tertiary/aromatic N) is 1. The first-order valence-corrected chi connectivity index (χ1v) is 14.6. The lowest BCUT2D eigenvalue weighted by atomic mass is 10.0. The van der Waals surface area contributed by atoms with E-state index in [0.717, 1.165) is 25.3 Å². The molecule has 1 aromatic rings. The molecule has 0 saturated heterocycles. The number of benzene rings is 1. The SMILES string of the molecule is CCCCCCCCCCCCCCCCCCCCCC(=O)OCc1cc(C=O)c(O)c([N+](=O)[O-])c1. The number of ether oxygens (including phenoxy) is 1. The molecule has 1 rings (SSSR count). The summed E-state index contributed by atoms with van der Waals surface area (Å²) in [5.74, 6) is -1.04. The highest BCUT2D eigenvalue weighted by Crippen LogP contribution is 2.30. The van der Waals surface area contributed by atoms with E-state index in [9.17, 15) is 24.8 Å². The van der Waals surface area contributed by atoms with Crippen LogP contribution in [0.2, 0.25) is 0 Å². The Morgan fingerprint density at radius 2 is 1.24 bits per heavy atom. The van der Waals surface area contributed by atoms with Crippen LogP contribution in [-0.2, 0) is 16.1 Å². The molecule has 0 spiro atoms. The van der Waals surface area contributed by atoms with E-state index in [-0.39, 0.29) is 18.1 Å². The van der Waals surface area contributed by atoms with Gasteiger partial charge in [-0.3, -0.25) is 19.7 Å². The smallest absolute Gasteiger partial charge is 0.311 e. The lowest BCUT2D eigenvalue weighted by Crippen LogP contribution is -2.05. The summed E-state index contributed by atoms with van der Waals surface area (Å²) in [4.78, 5) is 33.2. The number of hydrogen-bond acceptors (Lipinski definition) is 6.